The molecule has 1 N–H and O–H groups in total. The number of amides is 1. The number of halogens is 2. The van der Waals surface area contributed by atoms with Crippen LogP contribution in [0.15, 0.2) is 24.3 Å². The molecule has 0 saturated carbocycles. The third kappa shape index (κ3) is 2.87. The van der Waals surface area contributed by atoms with Crippen molar-refractivity contribution < 1.29 is 14.3 Å². The predicted molar refractivity (Wildman–Crippen MR) is 84.0 cm³/mol. The summed E-state index contributed by atoms with van der Waals surface area (Å²) in [7, 11) is 1.70. The maximum absolute atomic E-state index is 12.1. The van der Waals surface area contributed by atoms with E-state index in [0.717, 1.165) is 17.1 Å². The highest BCUT2D eigenvalue weighted by Crippen LogP contribution is 2.32. The van der Waals surface area contributed by atoms with Crippen LogP contribution in [0.25, 0.3) is 0 Å². The zero-order valence-electron chi connectivity index (χ0n) is 11.9. The van der Waals surface area contributed by atoms with E-state index in [2.05, 4.69) is 5.32 Å². The molecule has 0 spiro atoms. The van der Waals surface area contributed by atoms with Crippen molar-refractivity contribution in [1.82, 2.24) is 9.88 Å². The van der Waals surface area contributed by atoms with Gasteiger partial charge in [0.25, 0.3) is 5.91 Å². The molecule has 0 aliphatic carbocycles. The van der Waals surface area contributed by atoms with Gasteiger partial charge in [-0.25, -0.2) is 0 Å². The fraction of sp³-hybridized carbons (Fsp3) is 0.267. The molecule has 2 aromatic rings. The minimum Gasteiger partial charge on any atom is -0.454 e. The van der Waals surface area contributed by atoms with Crippen LogP contribution in [0, 0.1) is 0 Å². The number of carbonyl (C=O) groups excluding carboxylic acids is 1. The molecule has 1 aliphatic heterocycles. The van der Waals surface area contributed by atoms with Crippen LogP contribution >= 0.6 is 23.2 Å². The van der Waals surface area contributed by atoms with Crippen molar-refractivity contribution in [2.45, 2.75) is 6.42 Å². The Morgan fingerprint density at radius 3 is 2.77 bits per heavy atom. The van der Waals surface area contributed by atoms with Crippen molar-refractivity contribution in [3.8, 4) is 11.5 Å². The first kappa shape index (κ1) is 15.1. The maximum atomic E-state index is 12.1. The van der Waals surface area contributed by atoms with Crippen molar-refractivity contribution in [2.24, 2.45) is 7.05 Å². The standard InChI is InChI=1S/C15H14Cl2N2O3/c1-19-11(7-10(16)14(19)17)15(20)18-5-4-9-2-3-12-13(6-9)22-8-21-12/h2-3,6-7H,4-5,8H2,1H3,(H,18,20). The van der Waals surface area contributed by atoms with Gasteiger partial charge in [0.15, 0.2) is 11.5 Å². The number of hydrogen-bond donors (Lipinski definition) is 1. The van der Waals surface area contributed by atoms with Gasteiger partial charge in [0.1, 0.15) is 10.8 Å². The van der Waals surface area contributed by atoms with Crippen molar-refractivity contribution >= 4 is 29.1 Å². The third-order valence-corrected chi connectivity index (χ3v) is 4.33. The summed E-state index contributed by atoms with van der Waals surface area (Å²) in [5.74, 6) is 1.28. The van der Waals surface area contributed by atoms with Crippen molar-refractivity contribution in [3.63, 3.8) is 0 Å². The molecule has 0 atom stereocenters. The van der Waals surface area contributed by atoms with Gasteiger partial charge < -0.3 is 19.4 Å². The lowest BCUT2D eigenvalue weighted by atomic mass is 10.1. The number of benzene rings is 1. The van der Waals surface area contributed by atoms with Crippen LogP contribution in [-0.2, 0) is 13.5 Å². The minimum absolute atomic E-state index is 0.211. The molecule has 1 aromatic heterocycles. The number of ether oxygens (including phenoxy) is 2. The first-order valence-corrected chi connectivity index (χ1v) is 7.49. The molecular formula is C15H14Cl2N2O3. The number of hydrogen-bond acceptors (Lipinski definition) is 3. The molecule has 1 amide bonds. The molecule has 1 aliphatic rings. The summed E-state index contributed by atoms with van der Waals surface area (Å²) in [6.07, 6.45) is 0.689. The van der Waals surface area contributed by atoms with E-state index >= 15 is 0 Å². The molecule has 22 heavy (non-hydrogen) atoms. The van der Waals surface area contributed by atoms with Crippen molar-refractivity contribution in [3.05, 3.63) is 45.7 Å². The van der Waals surface area contributed by atoms with Gasteiger partial charge in [0.05, 0.1) is 5.02 Å². The van der Waals surface area contributed by atoms with Crippen molar-refractivity contribution in [2.75, 3.05) is 13.3 Å². The van der Waals surface area contributed by atoms with E-state index in [1.807, 2.05) is 18.2 Å². The van der Waals surface area contributed by atoms with Gasteiger partial charge in [-0.3, -0.25) is 4.79 Å². The van der Waals surface area contributed by atoms with Gasteiger partial charge in [-0.2, -0.15) is 0 Å². The number of fused-ring (bicyclic) bond motifs is 1. The molecule has 5 nitrogen and oxygen atoms in total. The number of rotatable bonds is 4. The van der Waals surface area contributed by atoms with E-state index in [0.29, 0.717) is 28.8 Å². The van der Waals surface area contributed by atoms with E-state index in [1.54, 1.807) is 17.7 Å². The highest BCUT2D eigenvalue weighted by Gasteiger charge is 2.16. The summed E-state index contributed by atoms with van der Waals surface area (Å²) in [6, 6.07) is 7.30. The summed E-state index contributed by atoms with van der Waals surface area (Å²) in [5.41, 5.74) is 1.49. The maximum Gasteiger partial charge on any atom is 0.268 e. The van der Waals surface area contributed by atoms with E-state index in [1.165, 1.54) is 0 Å². The molecule has 116 valence electrons. The first-order chi connectivity index (χ1) is 10.6. The highest BCUT2D eigenvalue weighted by molar-refractivity contribution is 6.41. The quantitative estimate of drug-likeness (QED) is 0.930. The zero-order valence-corrected chi connectivity index (χ0v) is 13.4. The fourth-order valence-corrected chi connectivity index (χ4v) is 2.64. The Morgan fingerprint density at radius 1 is 1.27 bits per heavy atom. The van der Waals surface area contributed by atoms with Gasteiger partial charge in [-0.15, -0.1) is 0 Å². The SMILES string of the molecule is Cn1c(C(=O)NCCc2ccc3c(c2)OCO3)cc(Cl)c1Cl. The van der Waals surface area contributed by atoms with E-state index in [-0.39, 0.29) is 12.7 Å². The Labute approximate surface area is 137 Å². The van der Waals surface area contributed by atoms with Gasteiger partial charge in [-0.1, -0.05) is 29.3 Å². The Balaban J connectivity index is 1.58. The van der Waals surface area contributed by atoms with Crippen LogP contribution in [0.3, 0.4) is 0 Å². The molecular weight excluding hydrogens is 327 g/mol. The predicted octanol–water partition coefficient (Wildman–Crippen LogP) is 3.03. The molecule has 3 rings (SSSR count). The smallest absolute Gasteiger partial charge is 0.268 e. The highest BCUT2D eigenvalue weighted by atomic mass is 35.5. The molecule has 0 bridgehead atoms. The van der Waals surface area contributed by atoms with Crippen LogP contribution in [0.2, 0.25) is 10.2 Å². The van der Waals surface area contributed by atoms with Crippen LogP contribution < -0.4 is 14.8 Å². The summed E-state index contributed by atoms with van der Waals surface area (Å²) in [6.45, 7) is 0.753. The molecule has 0 fully saturated rings. The Hall–Kier alpha value is -1.85. The lowest BCUT2D eigenvalue weighted by molar-refractivity contribution is 0.0946. The number of carbonyl (C=O) groups is 1. The van der Waals surface area contributed by atoms with Gasteiger partial charge in [-0.05, 0) is 30.2 Å². The number of nitrogens with one attached hydrogen (secondary N) is 1. The Bertz CT molecular complexity index is 728. The normalized spacial score (nSPS) is 12.5. The van der Waals surface area contributed by atoms with Crippen LogP contribution in [0.5, 0.6) is 11.5 Å². The van der Waals surface area contributed by atoms with Crippen LogP contribution in [-0.4, -0.2) is 23.8 Å². The van der Waals surface area contributed by atoms with E-state index in [4.69, 9.17) is 32.7 Å². The lowest BCUT2D eigenvalue weighted by Crippen LogP contribution is -2.27. The Morgan fingerprint density at radius 2 is 2.05 bits per heavy atom. The van der Waals surface area contributed by atoms with E-state index < -0.39 is 0 Å². The second-order valence-corrected chi connectivity index (χ2v) is 5.69. The topological polar surface area (TPSA) is 52.5 Å². The van der Waals surface area contributed by atoms with Gasteiger partial charge in [0.2, 0.25) is 6.79 Å². The largest absolute Gasteiger partial charge is 0.454 e. The number of nitrogens with zero attached hydrogens (tertiary/aromatic N) is 1. The van der Waals surface area contributed by atoms with Crippen LogP contribution in [0.1, 0.15) is 16.1 Å². The second kappa shape index (κ2) is 6.10. The Kier molecular flexibility index (Phi) is 4.18. The minimum atomic E-state index is -0.211. The van der Waals surface area contributed by atoms with Gasteiger partial charge in [0, 0.05) is 13.6 Å². The summed E-state index contributed by atoms with van der Waals surface area (Å²) >= 11 is 11.9. The second-order valence-electron chi connectivity index (χ2n) is 4.92. The third-order valence-electron chi connectivity index (χ3n) is 3.49. The lowest BCUT2D eigenvalue weighted by Gasteiger charge is -2.07. The summed E-state index contributed by atoms with van der Waals surface area (Å²) < 4.78 is 12.1. The van der Waals surface area contributed by atoms with E-state index in [9.17, 15) is 4.79 Å². The summed E-state index contributed by atoms with van der Waals surface area (Å²) in [4.78, 5) is 12.1. The molecule has 0 unspecified atom stereocenters. The average molecular weight is 341 g/mol. The van der Waals surface area contributed by atoms with Crippen molar-refractivity contribution in [1.29, 1.82) is 0 Å². The number of aromatic nitrogens is 1. The molecule has 0 saturated heterocycles. The zero-order chi connectivity index (χ0) is 15.7. The molecule has 0 radical (unpaired) electrons. The van der Waals surface area contributed by atoms with Gasteiger partial charge >= 0.3 is 0 Å². The summed E-state index contributed by atoms with van der Waals surface area (Å²) in [5, 5.41) is 3.56. The monoisotopic (exact) mass is 340 g/mol. The van der Waals surface area contributed by atoms with Crippen LogP contribution in [0.4, 0.5) is 0 Å². The fourth-order valence-electron chi connectivity index (χ4n) is 2.27. The molecule has 7 heteroatoms. The molecule has 1 aromatic carbocycles. The first-order valence-electron chi connectivity index (χ1n) is 6.73. The average Bonchev–Trinajstić information content (AvgIpc) is 3.07. The molecule has 2 heterocycles.